The minimum Gasteiger partial charge on any atom is -0.494 e. The van der Waals surface area contributed by atoms with Gasteiger partial charge in [0.05, 0.1) is 13.0 Å². The summed E-state index contributed by atoms with van der Waals surface area (Å²) < 4.78 is 5.61. The van der Waals surface area contributed by atoms with Gasteiger partial charge in [0.25, 0.3) is 0 Å². The quantitative estimate of drug-likeness (QED) is 0.548. The third kappa shape index (κ3) is 7.11. The predicted octanol–water partition coefficient (Wildman–Crippen LogP) is 4.57. The molecule has 0 aromatic heterocycles. The van der Waals surface area contributed by atoms with Gasteiger partial charge in [0.2, 0.25) is 5.91 Å². The monoisotopic (exact) mass is 376 g/mol. The molecule has 6 heteroatoms. The summed E-state index contributed by atoms with van der Waals surface area (Å²) in [6, 6.07) is 14.6. The Morgan fingerprint density at radius 3 is 2.44 bits per heavy atom. The van der Waals surface area contributed by atoms with Gasteiger partial charge in [-0.25, -0.2) is 0 Å². The molecule has 0 fully saturated rings. The third-order valence-corrected chi connectivity index (χ3v) is 3.87. The lowest BCUT2D eigenvalue weighted by Crippen LogP contribution is -2.35. The van der Waals surface area contributed by atoms with E-state index in [1.807, 2.05) is 36.4 Å². The number of rotatable bonds is 7. The Morgan fingerprint density at radius 1 is 1.12 bits per heavy atom. The average molecular weight is 377 g/mol. The Labute approximate surface area is 158 Å². The Morgan fingerprint density at radius 2 is 1.80 bits per heavy atom. The fraction of sp³-hybridized carbons (Fsp3) is 0.263. The summed E-state index contributed by atoms with van der Waals surface area (Å²) in [7, 11) is 0. The van der Waals surface area contributed by atoms with Crippen LogP contribution >= 0.6 is 23.8 Å². The van der Waals surface area contributed by atoms with Gasteiger partial charge in [0.1, 0.15) is 5.75 Å². The highest BCUT2D eigenvalue weighted by atomic mass is 35.5. The first-order valence-electron chi connectivity index (χ1n) is 8.15. The summed E-state index contributed by atoms with van der Waals surface area (Å²) in [6.45, 7) is 2.83. The minimum atomic E-state index is -0.181. The Balaban J connectivity index is 1.79. The van der Waals surface area contributed by atoms with Crippen LogP contribution in [0.4, 0.5) is 5.69 Å². The minimum absolute atomic E-state index is 0.181. The Kier molecular flexibility index (Phi) is 7.70. The van der Waals surface area contributed by atoms with Gasteiger partial charge in [0.15, 0.2) is 5.11 Å². The fourth-order valence-corrected chi connectivity index (χ4v) is 2.45. The second kappa shape index (κ2) is 10.0. The molecule has 2 rings (SSSR count). The number of ether oxygens (including phenoxy) is 1. The molecule has 0 atom stereocenters. The van der Waals surface area contributed by atoms with E-state index in [2.05, 4.69) is 17.6 Å². The molecule has 0 saturated heterocycles. The van der Waals surface area contributed by atoms with Gasteiger partial charge in [0, 0.05) is 10.7 Å². The first-order chi connectivity index (χ1) is 12.1. The van der Waals surface area contributed by atoms with Crippen molar-refractivity contribution < 1.29 is 9.53 Å². The summed E-state index contributed by atoms with van der Waals surface area (Å²) in [5.41, 5.74) is 1.66. The Hall–Kier alpha value is -2.11. The van der Waals surface area contributed by atoms with Gasteiger partial charge < -0.3 is 15.4 Å². The molecule has 0 unspecified atom stereocenters. The third-order valence-electron chi connectivity index (χ3n) is 3.41. The second-order valence-corrected chi connectivity index (χ2v) is 6.38. The van der Waals surface area contributed by atoms with Gasteiger partial charge in [-0.05, 0) is 60.6 Å². The molecular weight excluding hydrogens is 356 g/mol. The molecule has 0 saturated carbocycles. The van der Waals surface area contributed by atoms with Crippen LogP contribution in [0, 0.1) is 0 Å². The van der Waals surface area contributed by atoms with E-state index in [0.29, 0.717) is 11.6 Å². The van der Waals surface area contributed by atoms with Crippen LogP contribution in [-0.4, -0.2) is 17.6 Å². The lowest BCUT2D eigenvalue weighted by atomic mass is 10.1. The zero-order chi connectivity index (χ0) is 18.1. The molecule has 0 bridgehead atoms. The molecule has 2 N–H and O–H groups in total. The van der Waals surface area contributed by atoms with Crippen LogP contribution in [0.5, 0.6) is 5.75 Å². The number of amides is 1. The smallest absolute Gasteiger partial charge is 0.230 e. The maximum absolute atomic E-state index is 12.0. The first kappa shape index (κ1) is 19.2. The molecule has 132 valence electrons. The number of hydrogen-bond acceptors (Lipinski definition) is 3. The molecule has 0 spiro atoms. The zero-order valence-electron chi connectivity index (χ0n) is 14.0. The molecule has 25 heavy (non-hydrogen) atoms. The summed E-state index contributed by atoms with van der Waals surface area (Å²) in [5.74, 6) is 0.635. The largest absolute Gasteiger partial charge is 0.494 e. The van der Waals surface area contributed by atoms with E-state index in [1.165, 1.54) is 0 Å². The molecular formula is C19H21ClN2O2S. The number of anilines is 1. The van der Waals surface area contributed by atoms with Crippen molar-refractivity contribution >= 4 is 40.5 Å². The fourth-order valence-electron chi connectivity index (χ4n) is 2.09. The average Bonchev–Trinajstić information content (AvgIpc) is 2.58. The first-order valence-corrected chi connectivity index (χ1v) is 8.93. The van der Waals surface area contributed by atoms with Crippen molar-refractivity contribution in [3.63, 3.8) is 0 Å². The van der Waals surface area contributed by atoms with Crippen LogP contribution in [0.1, 0.15) is 25.3 Å². The van der Waals surface area contributed by atoms with Crippen molar-refractivity contribution in [2.24, 2.45) is 0 Å². The molecule has 0 heterocycles. The number of carbonyl (C=O) groups is 1. The summed E-state index contributed by atoms with van der Waals surface area (Å²) in [5, 5.41) is 6.55. The number of thiocarbonyl (C=S) groups is 1. The second-order valence-electron chi connectivity index (χ2n) is 5.53. The highest BCUT2D eigenvalue weighted by Gasteiger charge is 2.06. The number of unbranched alkanes of at least 4 members (excludes halogenated alkanes) is 1. The van der Waals surface area contributed by atoms with Crippen LogP contribution in [0.3, 0.4) is 0 Å². The van der Waals surface area contributed by atoms with Crippen molar-refractivity contribution in [2.45, 2.75) is 26.2 Å². The van der Waals surface area contributed by atoms with E-state index in [4.69, 9.17) is 28.6 Å². The highest BCUT2D eigenvalue weighted by Crippen LogP contribution is 2.16. The van der Waals surface area contributed by atoms with Crippen molar-refractivity contribution in [3.8, 4) is 5.75 Å². The van der Waals surface area contributed by atoms with Crippen molar-refractivity contribution in [1.29, 1.82) is 0 Å². The highest BCUT2D eigenvalue weighted by molar-refractivity contribution is 7.80. The van der Waals surface area contributed by atoms with E-state index in [1.54, 1.807) is 12.1 Å². The van der Waals surface area contributed by atoms with E-state index in [-0.39, 0.29) is 17.4 Å². The number of hydrogen-bond donors (Lipinski definition) is 2. The molecule has 2 aromatic rings. The number of halogens is 1. The molecule has 0 aliphatic heterocycles. The molecule has 4 nitrogen and oxygen atoms in total. The van der Waals surface area contributed by atoms with Crippen LogP contribution in [0.25, 0.3) is 0 Å². The van der Waals surface area contributed by atoms with Crippen molar-refractivity contribution in [1.82, 2.24) is 5.32 Å². The van der Waals surface area contributed by atoms with E-state index >= 15 is 0 Å². The lowest BCUT2D eigenvalue weighted by Gasteiger charge is -2.11. The lowest BCUT2D eigenvalue weighted by molar-refractivity contribution is -0.119. The van der Waals surface area contributed by atoms with E-state index < -0.39 is 0 Å². The van der Waals surface area contributed by atoms with E-state index in [9.17, 15) is 4.79 Å². The van der Waals surface area contributed by atoms with Crippen LogP contribution < -0.4 is 15.4 Å². The van der Waals surface area contributed by atoms with Gasteiger partial charge in [-0.15, -0.1) is 0 Å². The van der Waals surface area contributed by atoms with Crippen LogP contribution in [-0.2, 0) is 11.2 Å². The topological polar surface area (TPSA) is 50.4 Å². The van der Waals surface area contributed by atoms with Crippen LogP contribution in [0.15, 0.2) is 48.5 Å². The van der Waals surface area contributed by atoms with Crippen molar-refractivity contribution in [3.05, 3.63) is 59.1 Å². The SMILES string of the molecule is CCCCOc1ccc(NC(=S)NC(=O)Cc2ccc(Cl)cc2)cc1. The van der Waals surface area contributed by atoms with Crippen molar-refractivity contribution in [2.75, 3.05) is 11.9 Å². The molecule has 1 amide bonds. The van der Waals surface area contributed by atoms with Gasteiger partial charge in [-0.1, -0.05) is 37.1 Å². The van der Waals surface area contributed by atoms with Crippen LogP contribution in [0.2, 0.25) is 5.02 Å². The molecule has 0 aliphatic rings. The molecule has 0 radical (unpaired) electrons. The number of carbonyl (C=O) groups excluding carboxylic acids is 1. The standard InChI is InChI=1S/C19H21ClN2O2S/c1-2-3-12-24-17-10-8-16(9-11-17)21-19(25)22-18(23)13-14-4-6-15(20)7-5-14/h4-11H,2-3,12-13H2,1H3,(H2,21,22,23,25). The summed E-state index contributed by atoms with van der Waals surface area (Å²) >= 11 is 11.0. The van der Waals surface area contributed by atoms with Gasteiger partial charge >= 0.3 is 0 Å². The predicted molar refractivity (Wildman–Crippen MR) is 106 cm³/mol. The summed E-state index contributed by atoms with van der Waals surface area (Å²) in [6.07, 6.45) is 2.37. The zero-order valence-corrected chi connectivity index (χ0v) is 15.6. The maximum atomic E-state index is 12.0. The van der Waals surface area contributed by atoms with Gasteiger partial charge in [-0.2, -0.15) is 0 Å². The Bertz CT molecular complexity index is 702. The maximum Gasteiger partial charge on any atom is 0.230 e. The van der Waals surface area contributed by atoms with E-state index in [0.717, 1.165) is 29.8 Å². The normalized spacial score (nSPS) is 10.2. The summed E-state index contributed by atoms with van der Waals surface area (Å²) in [4.78, 5) is 12.0. The molecule has 0 aliphatic carbocycles. The number of benzene rings is 2. The number of nitrogens with one attached hydrogen (secondary N) is 2. The molecule has 2 aromatic carbocycles. The van der Waals surface area contributed by atoms with Gasteiger partial charge in [-0.3, -0.25) is 4.79 Å².